The van der Waals surface area contributed by atoms with Gasteiger partial charge in [-0.3, -0.25) is 9.69 Å². The number of phenols is 1. The summed E-state index contributed by atoms with van der Waals surface area (Å²) >= 11 is 1.27. The molecule has 3 aromatic rings. The molecular formula is C21H24N4O3S. The van der Waals surface area contributed by atoms with E-state index in [0.29, 0.717) is 23.8 Å². The Bertz CT molecular complexity index is 943. The van der Waals surface area contributed by atoms with Crippen LogP contribution in [0.5, 0.6) is 11.5 Å². The highest BCUT2D eigenvalue weighted by Crippen LogP contribution is 2.21. The van der Waals surface area contributed by atoms with Crippen molar-refractivity contribution < 1.29 is 14.6 Å². The number of amides is 1. The van der Waals surface area contributed by atoms with Gasteiger partial charge in [0.25, 0.3) is 5.91 Å². The second-order valence-corrected chi connectivity index (χ2v) is 7.59. The Morgan fingerprint density at radius 2 is 1.90 bits per heavy atom. The maximum Gasteiger partial charge on any atom is 0.286 e. The molecule has 29 heavy (non-hydrogen) atoms. The Morgan fingerprint density at radius 1 is 1.14 bits per heavy atom. The van der Waals surface area contributed by atoms with Gasteiger partial charge in [0.15, 0.2) is 0 Å². The number of aromatic hydroxyl groups is 1. The monoisotopic (exact) mass is 412 g/mol. The summed E-state index contributed by atoms with van der Waals surface area (Å²) in [5, 5.41) is 22.1. The van der Waals surface area contributed by atoms with Gasteiger partial charge in [-0.25, -0.2) is 0 Å². The van der Waals surface area contributed by atoms with Gasteiger partial charge in [-0.05, 0) is 43.3 Å². The van der Waals surface area contributed by atoms with Crippen LogP contribution in [0, 0.1) is 0 Å². The number of methoxy groups -OCH3 is 1. The number of hydrogen-bond acceptors (Lipinski definition) is 7. The van der Waals surface area contributed by atoms with Crippen molar-refractivity contribution in [2.75, 3.05) is 19.0 Å². The van der Waals surface area contributed by atoms with Crippen LogP contribution in [-0.2, 0) is 13.1 Å². The quantitative estimate of drug-likeness (QED) is 0.554. The number of para-hydroxylation sites is 1. The SMILES string of the molecule is CCCN(Cc1nnc(C(=O)Nc2ccc(OC)cc2)s1)Cc1ccccc1O. The molecule has 2 aromatic carbocycles. The van der Waals surface area contributed by atoms with Crippen LogP contribution in [0.15, 0.2) is 48.5 Å². The van der Waals surface area contributed by atoms with Crippen molar-refractivity contribution >= 4 is 22.9 Å². The van der Waals surface area contributed by atoms with E-state index in [2.05, 4.69) is 27.3 Å². The summed E-state index contributed by atoms with van der Waals surface area (Å²) in [7, 11) is 1.59. The topological polar surface area (TPSA) is 87.6 Å². The number of carbonyl (C=O) groups is 1. The molecule has 7 nitrogen and oxygen atoms in total. The van der Waals surface area contributed by atoms with Crippen LogP contribution in [0.25, 0.3) is 0 Å². The number of nitrogens with one attached hydrogen (secondary N) is 1. The van der Waals surface area contributed by atoms with Gasteiger partial charge < -0.3 is 15.2 Å². The lowest BCUT2D eigenvalue weighted by Gasteiger charge is -2.20. The summed E-state index contributed by atoms with van der Waals surface area (Å²) < 4.78 is 5.12. The molecule has 0 saturated carbocycles. The molecule has 0 saturated heterocycles. The smallest absolute Gasteiger partial charge is 0.286 e. The predicted molar refractivity (Wildman–Crippen MR) is 113 cm³/mol. The lowest BCUT2D eigenvalue weighted by Crippen LogP contribution is -2.23. The summed E-state index contributed by atoms with van der Waals surface area (Å²) in [6.45, 7) is 4.12. The summed E-state index contributed by atoms with van der Waals surface area (Å²) in [6, 6.07) is 14.4. The molecule has 0 aliphatic heterocycles. The first-order valence-electron chi connectivity index (χ1n) is 9.36. The molecule has 1 aromatic heterocycles. The first-order chi connectivity index (χ1) is 14.1. The Morgan fingerprint density at radius 3 is 2.59 bits per heavy atom. The lowest BCUT2D eigenvalue weighted by atomic mass is 10.2. The molecule has 1 heterocycles. The predicted octanol–water partition coefficient (Wildman–Crippen LogP) is 3.92. The molecule has 0 fully saturated rings. The largest absolute Gasteiger partial charge is 0.508 e. The van der Waals surface area contributed by atoms with Gasteiger partial charge >= 0.3 is 0 Å². The minimum absolute atomic E-state index is 0.283. The molecule has 0 bridgehead atoms. The van der Waals surface area contributed by atoms with E-state index in [-0.39, 0.29) is 11.7 Å². The Hall–Kier alpha value is -2.97. The van der Waals surface area contributed by atoms with Crippen LogP contribution in [0.2, 0.25) is 0 Å². The zero-order chi connectivity index (χ0) is 20.6. The van der Waals surface area contributed by atoms with E-state index in [4.69, 9.17) is 4.74 Å². The van der Waals surface area contributed by atoms with Gasteiger partial charge in [-0.2, -0.15) is 0 Å². The Balaban J connectivity index is 1.63. The number of anilines is 1. The summed E-state index contributed by atoms with van der Waals surface area (Å²) in [5.74, 6) is 0.716. The number of rotatable bonds is 9. The van der Waals surface area contributed by atoms with E-state index in [1.165, 1.54) is 11.3 Å². The molecule has 0 atom stereocenters. The molecule has 152 valence electrons. The zero-order valence-electron chi connectivity index (χ0n) is 16.5. The maximum absolute atomic E-state index is 12.4. The van der Waals surface area contributed by atoms with Crippen LogP contribution < -0.4 is 10.1 Å². The normalized spacial score (nSPS) is 10.9. The van der Waals surface area contributed by atoms with Crippen molar-refractivity contribution in [1.82, 2.24) is 15.1 Å². The molecular weight excluding hydrogens is 388 g/mol. The number of nitrogens with zero attached hydrogens (tertiary/aromatic N) is 3. The van der Waals surface area contributed by atoms with Crippen LogP contribution in [0.4, 0.5) is 5.69 Å². The highest BCUT2D eigenvalue weighted by atomic mass is 32.1. The third kappa shape index (κ3) is 5.75. The van der Waals surface area contributed by atoms with E-state index in [1.807, 2.05) is 12.1 Å². The summed E-state index contributed by atoms with van der Waals surface area (Å²) in [6.07, 6.45) is 0.969. The van der Waals surface area contributed by atoms with Gasteiger partial charge in [-0.15, -0.1) is 10.2 Å². The lowest BCUT2D eigenvalue weighted by molar-refractivity contribution is 0.102. The van der Waals surface area contributed by atoms with Gasteiger partial charge in [0.1, 0.15) is 16.5 Å². The van der Waals surface area contributed by atoms with Crippen molar-refractivity contribution in [3.63, 3.8) is 0 Å². The minimum atomic E-state index is -0.290. The van der Waals surface area contributed by atoms with E-state index in [0.717, 1.165) is 29.3 Å². The van der Waals surface area contributed by atoms with Crippen molar-refractivity contribution in [2.24, 2.45) is 0 Å². The van der Waals surface area contributed by atoms with Crippen LogP contribution >= 0.6 is 11.3 Å². The number of aromatic nitrogens is 2. The van der Waals surface area contributed by atoms with Gasteiger partial charge in [-0.1, -0.05) is 36.5 Å². The Kier molecular flexibility index (Phi) is 7.15. The number of carbonyl (C=O) groups excluding carboxylic acids is 1. The van der Waals surface area contributed by atoms with Crippen molar-refractivity contribution in [1.29, 1.82) is 0 Å². The summed E-state index contributed by atoms with van der Waals surface area (Å²) in [4.78, 5) is 14.6. The standard InChI is InChI=1S/C21H24N4O3S/c1-3-12-25(13-15-6-4-5-7-18(15)26)14-19-23-24-21(29-19)20(27)22-16-8-10-17(28-2)11-9-16/h4-11,26H,3,12-14H2,1-2H3,(H,22,27). The fourth-order valence-corrected chi connectivity index (χ4v) is 3.65. The van der Waals surface area contributed by atoms with Crippen LogP contribution in [0.1, 0.15) is 33.7 Å². The van der Waals surface area contributed by atoms with Gasteiger partial charge in [0.05, 0.1) is 13.7 Å². The molecule has 0 unspecified atom stereocenters. The molecule has 0 aliphatic rings. The van der Waals surface area contributed by atoms with E-state index >= 15 is 0 Å². The molecule has 0 radical (unpaired) electrons. The third-order valence-electron chi connectivity index (χ3n) is 4.29. The summed E-state index contributed by atoms with van der Waals surface area (Å²) in [5.41, 5.74) is 1.53. The second-order valence-electron chi connectivity index (χ2n) is 6.52. The fraction of sp³-hybridized carbons (Fsp3) is 0.286. The molecule has 2 N–H and O–H groups in total. The maximum atomic E-state index is 12.4. The number of phenolic OH excluding ortho intramolecular Hbond substituents is 1. The number of ether oxygens (including phenoxy) is 1. The van der Waals surface area contributed by atoms with Crippen molar-refractivity contribution in [3.8, 4) is 11.5 Å². The van der Waals surface area contributed by atoms with E-state index in [1.54, 1.807) is 43.5 Å². The van der Waals surface area contributed by atoms with Crippen molar-refractivity contribution in [3.05, 3.63) is 64.1 Å². The second kappa shape index (κ2) is 9.99. The highest BCUT2D eigenvalue weighted by molar-refractivity contribution is 7.13. The zero-order valence-corrected chi connectivity index (χ0v) is 17.3. The number of benzene rings is 2. The average Bonchev–Trinajstić information content (AvgIpc) is 3.19. The molecule has 8 heteroatoms. The first kappa shape index (κ1) is 20.8. The Labute approximate surface area is 174 Å². The van der Waals surface area contributed by atoms with Crippen molar-refractivity contribution in [2.45, 2.75) is 26.4 Å². The third-order valence-corrected chi connectivity index (χ3v) is 5.20. The molecule has 3 rings (SSSR count). The molecule has 0 spiro atoms. The van der Waals surface area contributed by atoms with Crippen LogP contribution in [-0.4, -0.2) is 39.8 Å². The molecule has 0 aliphatic carbocycles. The fourth-order valence-electron chi connectivity index (χ4n) is 2.88. The first-order valence-corrected chi connectivity index (χ1v) is 10.2. The van der Waals surface area contributed by atoms with Gasteiger partial charge in [0, 0.05) is 17.8 Å². The highest BCUT2D eigenvalue weighted by Gasteiger charge is 2.16. The minimum Gasteiger partial charge on any atom is -0.508 e. The average molecular weight is 413 g/mol. The van der Waals surface area contributed by atoms with E-state index < -0.39 is 0 Å². The molecule has 1 amide bonds. The van der Waals surface area contributed by atoms with Crippen LogP contribution in [0.3, 0.4) is 0 Å². The van der Waals surface area contributed by atoms with E-state index in [9.17, 15) is 9.90 Å². The van der Waals surface area contributed by atoms with Gasteiger partial charge in [0.2, 0.25) is 5.01 Å². The number of hydrogen-bond donors (Lipinski definition) is 2.